The maximum Gasteiger partial charge on any atom is 0.251 e. The molecule has 120 valence electrons. The summed E-state index contributed by atoms with van der Waals surface area (Å²) in [5.74, 6) is 0.0582. The number of hydrogen-bond acceptors (Lipinski definition) is 3. The normalized spacial score (nSPS) is 15.6. The Hall–Kier alpha value is -1.88. The highest BCUT2D eigenvalue weighted by Gasteiger charge is 2.21. The van der Waals surface area contributed by atoms with Crippen LogP contribution in [0.2, 0.25) is 0 Å². The van der Waals surface area contributed by atoms with E-state index in [0.717, 1.165) is 37.2 Å². The van der Waals surface area contributed by atoms with Crippen LogP contribution in [-0.2, 0) is 4.79 Å². The molecule has 1 aromatic carbocycles. The standard InChI is InChI=1S/C17H25N3O2/c1-11(2)19-17(22)14-4-5-15(12(3)10-14)20-16(21)13-6-8-18-9-7-13/h4-5,10-11,13,18H,6-9H2,1-3H3,(H,19,22)(H,20,21). The lowest BCUT2D eigenvalue weighted by molar-refractivity contribution is -0.120. The summed E-state index contributed by atoms with van der Waals surface area (Å²) in [5, 5.41) is 9.11. The number of anilines is 1. The predicted octanol–water partition coefficient (Wildman–Crippen LogP) is 2.07. The minimum absolute atomic E-state index is 0.0731. The molecule has 0 spiro atoms. The first-order valence-corrected chi connectivity index (χ1v) is 7.90. The summed E-state index contributed by atoms with van der Waals surface area (Å²) < 4.78 is 0. The fourth-order valence-electron chi connectivity index (χ4n) is 2.61. The van der Waals surface area contributed by atoms with Gasteiger partial charge in [-0.3, -0.25) is 9.59 Å². The maximum absolute atomic E-state index is 12.3. The molecule has 1 fully saturated rings. The highest BCUT2D eigenvalue weighted by atomic mass is 16.2. The summed E-state index contributed by atoms with van der Waals surface area (Å²) in [5.41, 5.74) is 2.30. The third-order valence-corrected chi connectivity index (χ3v) is 3.88. The number of rotatable bonds is 4. The Balaban J connectivity index is 2.03. The molecule has 2 rings (SSSR count). The van der Waals surface area contributed by atoms with Gasteiger partial charge in [-0.15, -0.1) is 0 Å². The number of piperidine rings is 1. The van der Waals surface area contributed by atoms with E-state index >= 15 is 0 Å². The van der Waals surface area contributed by atoms with Crippen molar-refractivity contribution < 1.29 is 9.59 Å². The van der Waals surface area contributed by atoms with Gasteiger partial charge in [0.1, 0.15) is 0 Å². The molecule has 1 heterocycles. The Morgan fingerprint density at radius 1 is 1.23 bits per heavy atom. The average molecular weight is 303 g/mol. The van der Waals surface area contributed by atoms with Crippen molar-refractivity contribution in [3.63, 3.8) is 0 Å². The molecule has 1 aliphatic heterocycles. The van der Waals surface area contributed by atoms with E-state index in [2.05, 4.69) is 16.0 Å². The fraction of sp³-hybridized carbons (Fsp3) is 0.529. The first-order chi connectivity index (χ1) is 10.5. The molecule has 0 bridgehead atoms. The second kappa shape index (κ2) is 7.40. The van der Waals surface area contributed by atoms with E-state index in [1.807, 2.05) is 32.9 Å². The monoisotopic (exact) mass is 303 g/mol. The molecule has 3 N–H and O–H groups in total. The predicted molar refractivity (Wildman–Crippen MR) is 88.0 cm³/mol. The van der Waals surface area contributed by atoms with Crippen molar-refractivity contribution in [1.82, 2.24) is 10.6 Å². The number of amides is 2. The van der Waals surface area contributed by atoms with Crippen LogP contribution in [0, 0.1) is 12.8 Å². The molecule has 0 radical (unpaired) electrons. The van der Waals surface area contributed by atoms with Crippen LogP contribution in [0.25, 0.3) is 0 Å². The molecule has 5 heteroatoms. The molecule has 0 aromatic heterocycles. The largest absolute Gasteiger partial charge is 0.350 e. The molecule has 1 saturated heterocycles. The Kier molecular flexibility index (Phi) is 5.55. The van der Waals surface area contributed by atoms with Crippen molar-refractivity contribution in [2.45, 2.75) is 39.7 Å². The summed E-state index contributed by atoms with van der Waals surface area (Å²) in [7, 11) is 0. The van der Waals surface area contributed by atoms with Gasteiger partial charge in [-0.1, -0.05) is 0 Å². The third-order valence-electron chi connectivity index (χ3n) is 3.88. The average Bonchev–Trinajstić information content (AvgIpc) is 2.49. The summed E-state index contributed by atoms with van der Waals surface area (Å²) in [6.45, 7) is 7.55. The fourth-order valence-corrected chi connectivity index (χ4v) is 2.61. The lowest BCUT2D eigenvalue weighted by Gasteiger charge is -2.22. The van der Waals surface area contributed by atoms with Crippen LogP contribution in [-0.4, -0.2) is 30.9 Å². The van der Waals surface area contributed by atoms with E-state index in [1.54, 1.807) is 6.07 Å². The van der Waals surface area contributed by atoms with Gasteiger partial charge in [-0.2, -0.15) is 0 Å². The summed E-state index contributed by atoms with van der Waals surface area (Å²) in [4.78, 5) is 24.2. The quantitative estimate of drug-likeness (QED) is 0.797. The number of benzene rings is 1. The van der Waals surface area contributed by atoms with Crippen LogP contribution in [0.1, 0.15) is 42.6 Å². The van der Waals surface area contributed by atoms with Crippen molar-refractivity contribution >= 4 is 17.5 Å². The second-order valence-corrected chi connectivity index (χ2v) is 6.17. The number of carbonyl (C=O) groups excluding carboxylic acids is 2. The summed E-state index contributed by atoms with van der Waals surface area (Å²) in [6.07, 6.45) is 1.75. The van der Waals surface area contributed by atoms with E-state index in [1.165, 1.54) is 0 Å². The highest BCUT2D eigenvalue weighted by Crippen LogP contribution is 2.20. The van der Waals surface area contributed by atoms with Crippen LogP contribution in [0.4, 0.5) is 5.69 Å². The number of aryl methyl sites for hydroxylation is 1. The van der Waals surface area contributed by atoms with Crippen molar-refractivity contribution in [2.24, 2.45) is 5.92 Å². The van der Waals surface area contributed by atoms with Crippen molar-refractivity contribution in [3.05, 3.63) is 29.3 Å². The first-order valence-electron chi connectivity index (χ1n) is 7.90. The van der Waals surface area contributed by atoms with Crippen LogP contribution in [0.3, 0.4) is 0 Å². The Bertz CT molecular complexity index is 549. The van der Waals surface area contributed by atoms with Gasteiger partial charge in [0.05, 0.1) is 0 Å². The highest BCUT2D eigenvalue weighted by molar-refractivity contribution is 5.97. The Morgan fingerprint density at radius 2 is 1.91 bits per heavy atom. The molecule has 22 heavy (non-hydrogen) atoms. The van der Waals surface area contributed by atoms with Gasteiger partial charge in [-0.05, 0) is 70.5 Å². The van der Waals surface area contributed by atoms with Crippen LogP contribution in [0.15, 0.2) is 18.2 Å². The van der Waals surface area contributed by atoms with Crippen LogP contribution >= 0.6 is 0 Å². The molecular weight excluding hydrogens is 278 g/mol. The van der Waals surface area contributed by atoms with Crippen molar-refractivity contribution in [3.8, 4) is 0 Å². The molecule has 5 nitrogen and oxygen atoms in total. The van der Waals surface area contributed by atoms with E-state index in [9.17, 15) is 9.59 Å². The SMILES string of the molecule is Cc1cc(C(=O)NC(C)C)ccc1NC(=O)C1CCNCC1. The van der Waals surface area contributed by atoms with E-state index < -0.39 is 0 Å². The topological polar surface area (TPSA) is 70.2 Å². The molecule has 0 atom stereocenters. The zero-order valence-corrected chi connectivity index (χ0v) is 13.5. The summed E-state index contributed by atoms with van der Waals surface area (Å²) in [6, 6.07) is 5.48. The van der Waals surface area contributed by atoms with E-state index in [4.69, 9.17) is 0 Å². The van der Waals surface area contributed by atoms with E-state index in [-0.39, 0.29) is 23.8 Å². The zero-order valence-electron chi connectivity index (χ0n) is 13.5. The minimum Gasteiger partial charge on any atom is -0.350 e. The van der Waals surface area contributed by atoms with Crippen LogP contribution in [0.5, 0.6) is 0 Å². The number of carbonyl (C=O) groups is 2. The van der Waals surface area contributed by atoms with Gasteiger partial charge in [0.2, 0.25) is 5.91 Å². The second-order valence-electron chi connectivity index (χ2n) is 6.17. The van der Waals surface area contributed by atoms with Crippen molar-refractivity contribution in [2.75, 3.05) is 18.4 Å². The molecule has 1 aromatic rings. The van der Waals surface area contributed by atoms with Gasteiger partial charge in [0, 0.05) is 23.2 Å². The van der Waals surface area contributed by atoms with Gasteiger partial charge >= 0.3 is 0 Å². The maximum atomic E-state index is 12.3. The smallest absolute Gasteiger partial charge is 0.251 e. The van der Waals surface area contributed by atoms with Gasteiger partial charge < -0.3 is 16.0 Å². The number of hydrogen-bond donors (Lipinski definition) is 3. The zero-order chi connectivity index (χ0) is 16.1. The lowest BCUT2D eigenvalue weighted by Crippen LogP contribution is -2.34. The Labute approximate surface area is 131 Å². The van der Waals surface area contributed by atoms with E-state index in [0.29, 0.717) is 5.56 Å². The first kappa shape index (κ1) is 16.5. The minimum atomic E-state index is -0.0886. The lowest BCUT2D eigenvalue weighted by atomic mass is 9.97. The molecule has 2 amide bonds. The molecule has 0 saturated carbocycles. The van der Waals surface area contributed by atoms with Gasteiger partial charge in [0.15, 0.2) is 0 Å². The van der Waals surface area contributed by atoms with Gasteiger partial charge in [-0.25, -0.2) is 0 Å². The molecule has 0 aliphatic carbocycles. The molecule has 1 aliphatic rings. The Morgan fingerprint density at radius 3 is 2.50 bits per heavy atom. The molecule has 0 unspecified atom stereocenters. The molecular formula is C17H25N3O2. The number of nitrogens with one attached hydrogen (secondary N) is 3. The third kappa shape index (κ3) is 4.31. The van der Waals surface area contributed by atoms with Crippen molar-refractivity contribution in [1.29, 1.82) is 0 Å². The van der Waals surface area contributed by atoms with Crippen LogP contribution < -0.4 is 16.0 Å². The summed E-state index contributed by atoms with van der Waals surface area (Å²) >= 11 is 0. The van der Waals surface area contributed by atoms with Gasteiger partial charge in [0.25, 0.3) is 5.91 Å².